The number of ether oxygens (including phenoxy) is 1. The number of benzene rings is 4. The van der Waals surface area contributed by atoms with Crippen LogP contribution in [0.4, 0.5) is 5.69 Å². The summed E-state index contributed by atoms with van der Waals surface area (Å²) in [4.78, 5) is 4.63. The fraction of sp³-hybridized carbons (Fsp3) is 0. The van der Waals surface area contributed by atoms with Gasteiger partial charge in [-0.2, -0.15) is 0 Å². The van der Waals surface area contributed by atoms with Gasteiger partial charge >= 0.3 is 0 Å². The van der Waals surface area contributed by atoms with E-state index in [0.29, 0.717) is 5.02 Å². The minimum Gasteiger partial charge on any atom is -0.457 e. The highest BCUT2D eigenvalue weighted by atomic mass is 35.5. The zero-order chi connectivity index (χ0) is 19.6. The van der Waals surface area contributed by atoms with Crippen molar-refractivity contribution in [3.05, 3.63) is 102 Å². The van der Waals surface area contributed by atoms with Gasteiger partial charge in [0.2, 0.25) is 0 Å². The number of furan rings is 1. The molecule has 0 spiro atoms. The van der Waals surface area contributed by atoms with Crippen molar-refractivity contribution in [3.63, 3.8) is 0 Å². The number of aliphatic imine (C=N–C) groups is 1. The largest absolute Gasteiger partial charge is 0.457 e. The molecule has 0 atom stereocenters. The lowest BCUT2D eigenvalue weighted by atomic mass is 10.1. The Hall–Kier alpha value is -3.56. The van der Waals surface area contributed by atoms with Gasteiger partial charge in [0.15, 0.2) is 0 Å². The lowest BCUT2D eigenvalue weighted by Crippen LogP contribution is -1.86. The van der Waals surface area contributed by atoms with Gasteiger partial charge in [0, 0.05) is 22.0 Å². The predicted octanol–water partition coefficient (Wildman–Crippen LogP) is 7.78. The van der Waals surface area contributed by atoms with Crippen LogP contribution in [0.2, 0.25) is 5.02 Å². The molecular formula is C25H16ClNO2. The molecule has 0 amide bonds. The smallest absolute Gasteiger partial charge is 0.135 e. The van der Waals surface area contributed by atoms with Crippen molar-refractivity contribution in [2.45, 2.75) is 0 Å². The first-order valence-corrected chi connectivity index (χ1v) is 9.61. The van der Waals surface area contributed by atoms with E-state index in [1.807, 2.05) is 79.0 Å². The van der Waals surface area contributed by atoms with Crippen molar-refractivity contribution in [2.75, 3.05) is 0 Å². The summed E-state index contributed by atoms with van der Waals surface area (Å²) in [6.07, 6.45) is 1.83. The van der Waals surface area contributed by atoms with Crippen molar-refractivity contribution in [2.24, 2.45) is 4.99 Å². The maximum Gasteiger partial charge on any atom is 0.135 e. The monoisotopic (exact) mass is 397 g/mol. The molecule has 0 N–H and O–H groups in total. The van der Waals surface area contributed by atoms with Crippen molar-refractivity contribution < 1.29 is 9.15 Å². The van der Waals surface area contributed by atoms with Crippen LogP contribution in [0.3, 0.4) is 0 Å². The minimum absolute atomic E-state index is 0.681. The Labute approximate surface area is 172 Å². The average molecular weight is 398 g/mol. The molecule has 5 aromatic rings. The van der Waals surface area contributed by atoms with Crippen LogP contribution in [0.5, 0.6) is 11.5 Å². The number of rotatable bonds is 4. The number of fused-ring (bicyclic) bond motifs is 3. The zero-order valence-corrected chi connectivity index (χ0v) is 16.1. The normalized spacial score (nSPS) is 11.5. The second-order valence-electron chi connectivity index (χ2n) is 6.67. The highest BCUT2D eigenvalue weighted by molar-refractivity contribution is 6.30. The average Bonchev–Trinajstić information content (AvgIpc) is 3.12. The van der Waals surface area contributed by atoms with E-state index in [1.165, 1.54) is 0 Å². The first kappa shape index (κ1) is 17.5. The molecule has 1 aromatic heterocycles. The Bertz CT molecular complexity index is 1340. The summed E-state index contributed by atoms with van der Waals surface area (Å²) >= 11 is 5.92. The Balaban J connectivity index is 1.41. The van der Waals surface area contributed by atoms with Crippen molar-refractivity contribution in [1.29, 1.82) is 0 Å². The van der Waals surface area contributed by atoms with Crippen LogP contribution in [0.25, 0.3) is 21.9 Å². The number of nitrogens with zero attached hydrogens (tertiary/aromatic N) is 1. The van der Waals surface area contributed by atoms with Gasteiger partial charge in [0.1, 0.15) is 22.7 Å². The highest BCUT2D eigenvalue weighted by Crippen LogP contribution is 2.31. The summed E-state index contributed by atoms with van der Waals surface area (Å²) in [6.45, 7) is 0. The van der Waals surface area contributed by atoms with E-state index < -0.39 is 0 Å². The van der Waals surface area contributed by atoms with Gasteiger partial charge in [-0.1, -0.05) is 41.9 Å². The van der Waals surface area contributed by atoms with Gasteiger partial charge < -0.3 is 9.15 Å². The maximum atomic E-state index is 5.92. The van der Waals surface area contributed by atoms with Crippen LogP contribution in [-0.4, -0.2) is 6.21 Å². The number of halogens is 1. The first-order valence-electron chi connectivity index (χ1n) is 9.23. The third-order valence-electron chi connectivity index (χ3n) is 4.63. The van der Waals surface area contributed by atoms with Crippen LogP contribution in [0, 0.1) is 0 Å². The summed E-state index contributed by atoms with van der Waals surface area (Å²) in [5.74, 6) is 1.48. The highest BCUT2D eigenvalue weighted by Gasteiger charge is 2.06. The van der Waals surface area contributed by atoms with Gasteiger partial charge in [-0.05, 0) is 66.2 Å². The molecule has 140 valence electrons. The maximum absolute atomic E-state index is 5.92. The molecule has 4 aromatic carbocycles. The van der Waals surface area contributed by atoms with E-state index in [-0.39, 0.29) is 0 Å². The molecule has 3 nitrogen and oxygen atoms in total. The minimum atomic E-state index is 0.681. The predicted molar refractivity (Wildman–Crippen MR) is 119 cm³/mol. The van der Waals surface area contributed by atoms with E-state index in [4.69, 9.17) is 20.8 Å². The molecule has 0 fully saturated rings. The van der Waals surface area contributed by atoms with Gasteiger partial charge in [0.25, 0.3) is 0 Å². The summed E-state index contributed by atoms with van der Waals surface area (Å²) in [5, 5.41) is 2.84. The van der Waals surface area contributed by atoms with Crippen LogP contribution < -0.4 is 4.74 Å². The Kier molecular flexibility index (Phi) is 4.51. The molecule has 5 rings (SSSR count). The van der Waals surface area contributed by atoms with Crippen molar-refractivity contribution in [1.82, 2.24) is 0 Å². The number of hydrogen-bond acceptors (Lipinski definition) is 3. The van der Waals surface area contributed by atoms with E-state index >= 15 is 0 Å². The summed E-state index contributed by atoms with van der Waals surface area (Å²) in [5.41, 5.74) is 3.57. The van der Waals surface area contributed by atoms with Crippen LogP contribution >= 0.6 is 11.6 Å². The van der Waals surface area contributed by atoms with Crippen LogP contribution in [0.15, 0.2) is 100 Å². The quantitative estimate of drug-likeness (QED) is 0.290. The van der Waals surface area contributed by atoms with Crippen molar-refractivity contribution >= 4 is 45.4 Å². The molecule has 0 bridgehead atoms. The lowest BCUT2D eigenvalue weighted by molar-refractivity contribution is 0.482. The fourth-order valence-electron chi connectivity index (χ4n) is 3.24. The Morgan fingerprint density at radius 3 is 2.45 bits per heavy atom. The summed E-state index contributed by atoms with van der Waals surface area (Å²) < 4.78 is 11.8. The van der Waals surface area contributed by atoms with E-state index in [1.54, 1.807) is 12.1 Å². The van der Waals surface area contributed by atoms with Gasteiger partial charge in [-0.15, -0.1) is 0 Å². The third-order valence-corrected chi connectivity index (χ3v) is 4.88. The molecule has 4 heteroatoms. The van der Waals surface area contributed by atoms with E-state index in [9.17, 15) is 0 Å². The molecular weight excluding hydrogens is 382 g/mol. The Morgan fingerprint density at radius 1 is 0.724 bits per heavy atom. The third kappa shape index (κ3) is 3.73. The molecule has 0 unspecified atom stereocenters. The zero-order valence-electron chi connectivity index (χ0n) is 15.4. The lowest BCUT2D eigenvalue weighted by Gasteiger charge is -2.06. The molecule has 0 aliphatic rings. The van der Waals surface area contributed by atoms with E-state index in [0.717, 1.165) is 44.7 Å². The summed E-state index contributed by atoms with van der Waals surface area (Å²) in [6, 6.07) is 29.1. The second kappa shape index (κ2) is 7.46. The molecule has 1 heterocycles. The Morgan fingerprint density at radius 2 is 1.55 bits per heavy atom. The first-order chi connectivity index (χ1) is 14.2. The molecule has 0 aliphatic carbocycles. The van der Waals surface area contributed by atoms with Gasteiger partial charge in [0.05, 0.1) is 5.69 Å². The number of para-hydroxylation sites is 1. The van der Waals surface area contributed by atoms with E-state index in [2.05, 4.69) is 11.1 Å². The number of hydrogen-bond donors (Lipinski definition) is 0. The molecule has 29 heavy (non-hydrogen) atoms. The molecule has 0 saturated heterocycles. The molecule has 0 aliphatic heterocycles. The standard InChI is InChI=1S/C25H16ClNO2/c26-18-8-11-20(12-9-18)28-21-5-3-4-17(14-21)16-27-19-10-13-25-23(15-19)22-6-1-2-7-24(22)29-25/h1-16H. The SMILES string of the molecule is Clc1ccc(Oc2cccc(C=Nc3ccc4oc5ccccc5c4c3)c2)cc1. The topological polar surface area (TPSA) is 34.7 Å². The second-order valence-corrected chi connectivity index (χ2v) is 7.10. The van der Waals surface area contributed by atoms with Crippen LogP contribution in [-0.2, 0) is 0 Å². The molecule has 0 saturated carbocycles. The van der Waals surface area contributed by atoms with Gasteiger partial charge in [-0.3, -0.25) is 4.99 Å². The van der Waals surface area contributed by atoms with Gasteiger partial charge in [-0.25, -0.2) is 0 Å². The summed E-state index contributed by atoms with van der Waals surface area (Å²) in [7, 11) is 0. The van der Waals surface area contributed by atoms with Crippen LogP contribution in [0.1, 0.15) is 5.56 Å². The van der Waals surface area contributed by atoms with Crippen molar-refractivity contribution in [3.8, 4) is 11.5 Å². The molecule has 0 radical (unpaired) electrons. The fourth-order valence-corrected chi connectivity index (χ4v) is 3.37.